The van der Waals surface area contributed by atoms with Crippen LogP contribution in [-0.2, 0) is 10.2 Å². The monoisotopic (exact) mass is 238 g/mol. The van der Waals surface area contributed by atoms with Gasteiger partial charge in [0, 0.05) is 23.8 Å². The predicted molar refractivity (Wildman–Crippen MR) is 67.3 cm³/mol. The third-order valence-corrected chi connectivity index (χ3v) is 3.12. The molecule has 1 aliphatic heterocycles. The summed E-state index contributed by atoms with van der Waals surface area (Å²) in [5.41, 5.74) is 2.50. The maximum atomic E-state index is 11.7. The number of hydrogen-bond acceptors (Lipinski definition) is 2. The third kappa shape index (κ3) is 1.76. The summed E-state index contributed by atoms with van der Waals surface area (Å²) in [6, 6.07) is 5.89. The molecule has 16 heavy (non-hydrogen) atoms. The van der Waals surface area contributed by atoms with Crippen LogP contribution in [0.15, 0.2) is 18.2 Å². The van der Waals surface area contributed by atoms with Gasteiger partial charge in [0.25, 0.3) is 0 Å². The second kappa shape index (κ2) is 3.98. The fraction of sp³-hybridized carbons (Fsp3) is 0.417. The summed E-state index contributed by atoms with van der Waals surface area (Å²) in [5.74, 6) is 0.620. The largest absolute Gasteiger partial charge is 0.384 e. The first-order valence-corrected chi connectivity index (χ1v) is 5.85. The van der Waals surface area contributed by atoms with Gasteiger partial charge in [-0.25, -0.2) is 0 Å². The highest BCUT2D eigenvalue weighted by Gasteiger charge is 2.38. The summed E-state index contributed by atoms with van der Waals surface area (Å²) in [6.07, 6.45) is 0. The van der Waals surface area contributed by atoms with E-state index in [1.807, 2.05) is 32.0 Å². The Hall–Kier alpha value is -1.22. The molecule has 0 aliphatic carbocycles. The average Bonchev–Trinajstić information content (AvgIpc) is 2.48. The fourth-order valence-corrected chi connectivity index (χ4v) is 1.97. The van der Waals surface area contributed by atoms with Crippen molar-refractivity contribution in [1.29, 1.82) is 0 Å². The highest BCUT2D eigenvalue weighted by atomic mass is 35.5. The molecule has 4 heteroatoms. The van der Waals surface area contributed by atoms with Crippen LogP contribution >= 0.6 is 11.6 Å². The Bertz CT molecular complexity index is 429. The van der Waals surface area contributed by atoms with Crippen molar-refractivity contribution in [1.82, 2.24) is 0 Å². The number of amides is 1. The van der Waals surface area contributed by atoms with Crippen molar-refractivity contribution in [3.05, 3.63) is 23.8 Å². The summed E-state index contributed by atoms with van der Waals surface area (Å²) in [5, 5.41) is 6.08. The van der Waals surface area contributed by atoms with Gasteiger partial charge in [-0.15, -0.1) is 11.6 Å². The Morgan fingerprint density at radius 3 is 2.88 bits per heavy atom. The second-order valence-electron chi connectivity index (χ2n) is 4.46. The Kier molecular flexibility index (Phi) is 2.80. The summed E-state index contributed by atoms with van der Waals surface area (Å²) in [7, 11) is 0. The van der Waals surface area contributed by atoms with Crippen LogP contribution in [0.4, 0.5) is 11.4 Å². The summed E-state index contributed by atoms with van der Waals surface area (Å²) in [6.45, 7) is 4.58. The topological polar surface area (TPSA) is 41.1 Å². The number of fused-ring (bicyclic) bond motifs is 1. The molecule has 1 aliphatic rings. The van der Waals surface area contributed by atoms with E-state index in [1.165, 1.54) is 0 Å². The zero-order valence-corrected chi connectivity index (χ0v) is 10.2. The molecular weight excluding hydrogens is 224 g/mol. The van der Waals surface area contributed by atoms with E-state index in [0.717, 1.165) is 23.5 Å². The van der Waals surface area contributed by atoms with Gasteiger partial charge in [-0.05, 0) is 37.6 Å². The molecule has 0 spiro atoms. The molecule has 0 saturated heterocycles. The van der Waals surface area contributed by atoms with Gasteiger partial charge in [0.15, 0.2) is 0 Å². The Morgan fingerprint density at radius 1 is 1.44 bits per heavy atom. The minimum atomic E-state index is -0.450. The number of rotatable bonds is 3. The number of carbonyl (C=O) groups is 1. The standard InChI is InChI=1S/C12H15ClN2O/c1-12(2)9-7-8(14-6-5-13)3-4-10(9)15-11(12)16/h3-4,7,14H,5-6H2,1-2H3,(H,15,16). The third-order valence-electron chi connectivity index (χ3n) is 2.93. The maximum Gasteiger partial charge on any atom is 0.234 e. The molecule has 0 fully saturated rings. The van der Waals surface area contributed by atoms with Gasteiger partial charge in [-0.2, -0.15) is 0 Å². The second-order valence-corrected chi connectivity index (χ2v) is 4.83. The van der Waals surface area contributed by atoms with E-state index >= 15 is 0 Å². The number of benzene rings is 1. The van der Waals surface area contributed by atoms with Gasteiger partial charge in [-0.1, -0.05) is 0 Å². The molecule has 0 aromatic heterocycles. The molecule has 86 valence electrons. The van der Waals surface area contributed by atoms with Gasteiger partial charge in [0.05, 0.1) is 5.41 Å². The summed E-state index contributed by atoms with van der Waals surface area (Å²) in [4.78, 5) is 11.7. The lowest BCUT2D eigenvalue weighted by Gasteiger charge is -2.16. The smallest absolute Gasteiger partial charge is 0.234 e. The quantitative estimate of drug-likeness (QED) is 0.795. The molecule has 1 aromatic carbocycles. The molecule has 2 N–H and O–H groups in total. The molecule has 0 radical (unpaired) electrons. The highest BCUT2D eigenvalue weighted by Crippen LogP contribution is 2.38. The first kappa shape index (κ1) is 11.3. The molecule has 0 atom stereocenters. The van der Waals surface area contributed by atoms with Crippen LogP contribution in [0.5, 0.6) is 0 Å². The van der Waals surface area contributed by atoms with Crippen molar-refractivity contribution in [3.63, 3.8) is 0 Å². The van der Waals surface area contributed by atoms with E-state index in [1.54, 1.807) is 0 Å². The molecule has 3 nitrogen and oxygen atoms in total. The minimum absolute atomic E-state index is 0.0528. The van der Waals surface area contributed by atoms with Gasteiger partial charge >= 0.3 is 0 Å². The predicted octanol–water partition coefficient (Wildman–Crippen LogP) is 2.57. The van der Waals surface area contributed by atoms with Gasteiger partial charge in [0.1, 0.15) is 0 Å². The van der Waals surface area contributed by atoms with E-state index in [0.29, 0.717) is 5.88 Å². The first-order valence-electron chi connectivity index (χ1n) is 5.31. The van der Waals surface area contributed by atoms with E-state index < -0.39 is 5.41 Å². The first-order chi connectivity index (χ1) is 7.55. The molecule has 1 aromatic rings. The molecule has 0 unspecified atom stereocenters. The van der Waals surface area contributed by atoms with E-state index in [-0.39, 0.29) is 5.91 Å². The normalized spacial score (nSPS) is 16.8. The summed E-state index contributed by atoms with van der Waals surface area (Å²) < 4.78 is 0. The highest BCUT2D eigenvalue weighted by molar-refractivity contribution is 6.18. The number of halogens is 1. The molecule has 0 saturated carbocycles. The van der Waals surface area contributed by atoms with Crippen LogP contribution in [0.1, 0.15) is 19.4 Å². The van der Waals surface area contributed by atoms with E-state index in [4.69, 9.17) is 11.6 Å². The lowest BCUT2D eigenvalue weighted by molar-refractivity contribution is -0.119. The van der Waals surface area contributed by atoms with Crippen LogP contribution in [0, 0.1) is 0 Å². The number of nitrogens with one attached hydrogen (secondary N) is 2. The number of carbonyl (C=O) groups excluding carboxylic acids is 1. The van der Waals surface area contributed by atoms with Gasteiger partial charge in [0.2, 0.25) is 5.91 Å². The summed E-state index contributed by atoms with van der Waals surface area (Å²) >= 11 is 5.62. The van der Waals surface area contributed by atoms with Crippen LogP contribution < -0.4 is 10.6 Å². The molecule has 2 rings (SSSR count). The van der Waals surface area contributed by atoms with Crippen LogP contribution in [0.3, 0.4) is 0 Å². The molecule has 0 bridgehead atoms. The lowest BCUT2D eigenvalue weighted by Crippen LogP contribution is -2.26. The molecular formula is C12H15ClN2O. The van der Waals surface area contributed by atoms with Crippen molar-refractivity contribution in [2.75, 3.05) is 23.1 Å². The molecule has 1 heterocycles. The fourth-order valence-electron chi connectivity index (χ4n) is 1.87. The van der Waals surface area contributed by atoms with Crippen molar-refractivity contribution in [2.24, 2.45) is 0 Å². The number of anilines is 2. The Balaban J connectivity index is 2.33. The number of alkyl halides is 1. The van der Waals surface area contributed by atoms with Gasteiger partial charge < -0.3 is 10.6 Å². The lowest BCUT2D eigenvalue weighted by atomic mass is 9.86. The number of hydrogen-bond donors (Lipinski definition) is 2. The maximum absolute atomic E-state index is 11.7. The van der Waals surface area contributed by atoms with Crippen molar-refractivity contribution < 1.29 is 4.79 Å². The molecule has 1 amide bonds. The van der Waals surface area contributed by atoms with Crippen molar-refractivity contribution in [2.45, 2.75) is 19.3 Å². The zero-order valence-electron chi connectivity index (χ0n) is 9.43. The van der Waals surface area contributed by atoms with Gasteiger partial charge in [-0.3, -0.25) is 4.79 Å². The van der Waals surface area contributed by atoms with Crippen LogP contribution in [-0.4, -0.2) is 18.3 Å². The van der Waals surface area contributed by atoms with Crippen molar-refractivity contribution in [3.8, 4) is 0 Å². The zero-order chi connectivity index (χ0) is 11.8. The Labute approximate surface area is 100 Å². The van der Waals surface area contributed by atoms with E-state index in [9.17, 15) is 4.79 Å². The van der Waals surface area contributed by atoms with Crippen molar-refractivity contribution >= 4 is 28.9 Å². The van der Waals surface area contributed by atoms with E-state index in [2.05, 4.69) is 10.6 Å². The average molecular weight is 239 g/mol. The Morgan fingerprint density at radius 2 is 2.19 bits per heavy atom. The van der Waals surface area contributed by atoms with Crippen LogP contribution in [0.25, 0.3) is 0 Å². The van der Waals surface area contributed by atoms with Crippen LogP contribution in [0.2, 0.25) is 0 Å². The minimum Gasteiger partial charge on any atom is -0.384 e. The SMILES string of the molecule is CC1(C)C(=O)Nc2ccc(NCCCl)cc21.